The molecule has 4 heteroatoms. The Morgan fingerprint density at radius 3 is 2.71 bits per heavy atom. The fraction of sp³-hybridized carbons (Fsp3) is 0.692. The molecule has 1 N–H and O–H groups in total. The molecule has 1 aromatic heterocycles. The van der Waals surface area contributed by atoms with Gasteiger partial charge in [0, 0.05) is 18.5 Å². The first kappa shape index (κ1) is 15.0. The Morgan fingerprint density at radius 2 is 2.18 bits per heavy atom. The zero-order valence-corrected chi connectivity index (χ0v) is 12.4. The summed E-state index contributed by atoms with van der Waals surface area (Å²) in [7, 11) is 1.73. The van der Waals surface area contributed by atoms with E-state index in [-0.39, 0.29) is 0 Å². The van der Waals surface area contributed by atoms with Gasteiger partial charge in [-0.1, -0.05) is 25.4 Å². The molecule has 0 saturated carbocycles. The highest BCUT2D eigenvalue weighted by Gasteiger charge is 2.14. The summed E-state index contributed by atoms with van der Waals surface area (Å²) in [5, 5.41) is 3.44. The molecule has 0 saturated heterocycles. The highest BCUT2D eigenvalue weighted by atomic mass is 35.5. The fourth-order valence-corrected chi connectivity index (χ4v) is 2.91. The Kier molecular flexibility index (Phi) is 7.12. The van der Waals surface area contributed by atoms with Crippen molar-refractivity contribution in [2.75, 3.05) is 26.8 Å². The standard InChI is InChI=1S/C13H22ClNOS/c1-10(2)11(9-15-6-7-16-3)8-12-4-5-13(14)17-12/h4-5,10-11,15H,6-9H2,1-3H3. The summed E-state index contributed by atoms with van der Waals surface area (Å²) in [4.78, 5) is 1.38. The lowest BCUT2D eigenvalue weighted by molar-refractivity contribution is 0.196. The molecule has 1 heterocycles. The van der Waals surface area contributed by atoms with Crippen LogP contribution in [0.4, 0.5) is 0 Å². The summed E-state index contributed by atoms with van der Waals surface area (Å²) in [6.07, 6.45) is 1.11. The zero-order valence-electron chi connectivity index (χ0n) is 10.8. The van der Waals surface area contributed by atoms with E-state index in [2.05, 4.69) is 25.2 Å². The molecule has 0 aliphatic heterocycles. The molecule has 0 spiro atoms. The zero-order chi connectivity index (χ0) is 12.7. The van der Waals surface area contributed by atoms with Gasteiger partial charge in [0.25, 0.3) is 0 Å². The summed E-state index contributed by atoms with van der Waals surface area (Å²) in [6.45, 7) is 7.28. The Labute approximate surface area is 113 Å². The molecule has 2 nitrogen and oxygen atoms in total. The van der Waals surface area contributed by atoms with E-state index in [9.17, 15) is 0 Å². The van der Waals surface area contributed by atoms with Crippen molar-refractivity contribution < 1.29 is 4.74 Å². The van der Waals surface area contributed by atoms with Crippen LogP contribution < -0.4 is 5.32 Å². The van der Waals surface area contributed by atoms with Gasteiger partial charge in [-0.3, -0.25) is 0 Å². The Morgan fingerprint density at radius 1 is 1.41 bits per heavy atom. The third-order valence-electron chi connectivity index (χ3n) is 2.92. The molecule has 1 unspecified atom stereocenters. The van der Waals surface area contributed by atoms with Crippen LogP contribution in [0.15, 0.2) is 12.1 Å². The molecule has 0 bridgehead atoms. The summed E-state index contributed by atoms with van der Waals surface area (Å²) < 4.78 is 5.91. The number of thiophene rings is 1. The minimum Gasteiger partial charge on any atom is -0.383 e. The van der Waals surface area contributed by atoms with Gasteiger partial charge in [0.2, 0.25) is 0 Å². The van der Waals surface area contributed by atoms with Crippen molar-refractivity contribution in [3.05, 3.63) is 21.3 Å². The highest BCUT2D eigenvalue weighted by molar-refractivity contribution is 7.16. The van der Waals surface area contributed by atoms with Crippen LogP contribution >= 0.6 is 22.9 Å². The van der Waals surface area contributed by atoms with E-state index in [0.29, 0.717) is 11.8 Å². The van der Waals surface area contributed by atoms with Gasteiger partial charge in [-0.05, 0) is 36.9 Å². The molecule has 98 valence electrons. The quantitative estimate of drug-likeness (QED) is 0.734. The molecule has 17 heavy (non-hydrogen) atoms. The maximum Gasteiger partial charge on any atom is 0.0931 e. The van der Waals surface area contributed by atoms with E-state index in [4.69, 9.17) is 16.3 Å². The Bertz CT molecular complexity index is 314. The van der Waals surface area contributed by atoms with Gasteiger partial charge in [0.15, 0.2) is 0 Å². The average Bonchev–Trinajstić information content (AvgIpc) is 2.68. The van der Waals surface area contributed by atoms with Gasteiger partial charge in [-0.25, -0.2) is 0 Å². The van der Waals surface area contributed by atoms with E-state index in [0.717, 1.165) is 30.5 Å². The first-order chi connectivity index (χ1) is 8.13. The normalized spacial score (nSPS) is 13.2. The maximum atomic E-state index is 5.96. The molecule has 0 amide bonds. The van der Waals surface area contributed by atoms with Crippen molar-refractivity contribution in [2.45, 2.75) is 20.3 Å². The molecule has 0 radical (unpaired) electrons. The second-order valence-corrected chi connectivity index (χ2v) is 6.41. The van der Waals surface area contributed by atoms with Gasteiger partial charge < -0.3 is 10.1 Å². The van der Waals surface area contributed by atoms with Crippen LogP contribution in [-0.2, 0) is 11.2 Å². The van der Waals surface area contributed by atoms with E-state index in [1.165, 1.54) is 4.88 Å². The highest BCUT2D eigenvalue weighted by Crippen LogP contribution is 2.26. The van der Waals surface area contributed by atoms with Gasteiger partial charge in [-0.2, -0.15) is 0 Å². The summed E-state index contributed by atoms with van der Waals surface area (Å²) in [5.74, 6) is 1.33. The molecule has 0 fully saturated rings. The molecular formula is C13H22ClNOS. The Balaban J connectivity index is 2.38. The SMILES string of the molecule is COCCNCC(Cc1ccc(Cl)s1)C(C)C. The number of hydrogen-bond acceptors (Lipinski definition) is 3. The number of hydrogen-bond donors (Lipinski definition) is 1. The molecule has 0 aromatic carbocycles. The van der Waals surface area contributed by atoms with Crippen LogP contribution in [0, 0.1) is 11.8 Å². The predicted octanol–water partition coefficient (Wildman–Crippen LogP) is 3.45. The molecule has 1 aromatic rings. The van der Waals surface area contributed by atoms with Crippen molar-refractivity contribution in [1.29, 1.82) is 0 Å². The van der Waals surface area contributed by atoms with Gasteiger partial charge in [0.05, 0.1) is 10.9 Å². The lowest BCUT2D eigenvalue weighted by Crippen LogP contribution is -2.29. The molecule has 0 aliphatic rings. The van der Waals surface area contributed by atoms with Gasteiger partial charge in [-0.15, -0.1) is 11.3 Å². The first-order valence-electron chi connectivity index (χ1n) is 6.07. The Hall–Kier alpha value is -0.0900. The largest absolute Gasteiger partial charge is 0.383 e. The topological polar surface area (TPSA) is 21.3 Å². The van der Waals surface area contributed by atoms with E-state index >= 15 is 0 Å². The van der Waals surface area contributed by atoms with Crippen LogP contribution in [0.1, 0.15) is 18.7 Å². The summed E-state index contributed by atoms with van der Waals surface area (Å²) in [5.41, 5.74) is 0. The molecule has 1 atom stereocenters. The minimum atomic E-state index is 0.654. The fourth-order valence-electron chi connectivity index (χ4n) is 1.73. The second kappa shape index (κ2) is 8.09. The first-order valence-corrected chi connectivity index (χ1v) is 7.26. The van der Waals surface area contributed by atoms with E-state index in [1.54, 1.807) is 18.4 Å². The molecular weight excluding hydrogens is 254 g/mol. The number of ether oxygens (including phenoxy) is 1. The van der Waals surface area contributed by atoms with Crippen LogP contribution in [0.5, 0.6) is 0 Å². The lowest BCUT2D eigenvalue weighted by Gasteiger charge is -2.20. The second-order valence-electron chi connectivity index (χ2n) is 4.61. The average molecular weight is 276 g/mol. The van der Waals surface area contributed by atoms with Crippen LogP contribution in [0.3, 0.4) is 0 Å². The van der Waals surface area contributed by atoms with Gasteiger partial charge >= 0.3 is 0 Å². The van der Waals surface area contributed by atoms with Crippen LogP contribution in [0.2, 0.25) is 4.34 Å². The van der Waals surface area contributed by atoms with E-state index < -0.39 is 0 Å². The predicted molar refractivity (Wildman–Crippen MR) is 76.1 cm³/mol. The van der Waals surface area contributed by atoms with Crippen LogP contribution in [0.25, 0.3) is 0 Å². The summed E-state index contributed by atoms with van der Waals surface area (Å²) in [6, 6.07) is 4.12. The smallest absolute Gasteiger partial charge is 0.0931 e. The maximum absolute atomic E-state index is 5.96. The van der Waals surface area contributed by atoms with Crippen molar-refractivity contribution in [2.24, 2.45) is 11.8 Å². The van der Waals surface area contributed by atoms with Crippen molar-refractivity contribution >= 4 is 22.9 Å². The van der Waals surface area contributed by atoms with Crippen LogP contribution in [-0.4, -0.2) is 26.8 Å². The van der Waals surface area contributed by atoms with Crippen molar-refractivity contribution in [1.82, 2.24) is 5.32 Å². The third kappa shape index (κ3) is 5.87. The van der Waals surface area contributed by atoms with Crippen molar-refractivity contribution in [3.63, 3.8) is 0 Å². The van der Waals surface area contributed by atoms with Crippen molar-refractivity contribution in [3.8, 4) is 0 Å². The number of nitrogens with one attached hydrogen (secondary N) is 1. The number of methoxy groups -OCH3 is 1. The summed E-state index contributed by atoms with van der Waals surface area (Å²) >= 11 is 7.65. The minimum absolute atomic E-state index is 0.654. The molecule has 1 rings (SSSR count). The third-order valence-corrected chi connectivity index (χ3v) is 4.18. The van der Waals surface area contributed by atoms with Gasteiger partial charge in [0.1, 0.15) is 0 Å². The monoisotopic (exact) mass is 275 g/mol. The molecule has 0 aliphatic carbocycles. The number of halogens is 1. The van der Waals surface area contributed by atoms with E-state index in [1.807, 2.05) is 6.07 Å². The lowest BCUT2D eigenvalue weighted by atomic mass is 9.92. The number of rotatable bonds is 8.